The molecule has 2 aromatic rings. The molecular formula is C20H20BrN2O3+. The van der Waals surface area contributed by atoms with E-state index in [-0.39, 0.29) is 0 Å². The first kappa shape index (κ1) is 17.2. The number of amides is 1. The SMILES string of the molecule is COc1ccc(C[NH+](CN2C(=O)C(=O)c3cc(Br)ccc32)C2CC2)cc1. The number of quaternary nitrogens is 1. The van der Waals surface area contributed by atoms with Gasteiger partial charge in [0.15, 0.2) is 6.67 Å². The second kappa shape index (κ2) is 6.85. The zero-order valence-corrected chi connectivity index (χ0v) is 16.1. The number of hydrogen-bond donors (Lipinski definition) is 1. The van der Waals surface area contributed by atoms with E-state index in [0.29, 0.717) is 18.3 Å². The highest BCUT2D eigenvalue weighted by atomic mass is 79.9. The van der Waals surface area contributed by atoms with Crippen molar-refractivity contribution in [3.05, 3.63) is 58.1 Å². The lowest BCUT2D eigenvalue weighted by Gasteiger charge is -2.25. The lowest BCUT2D eigenvalue weighted by Crippen LogP contribution is -3.13. The molecule has 1 N–H and O–H groups in total. The van der Waals surface area contributed by atoms with Gasteiger partial charge < -0.3 is 9.64 Å². The number of hydrogen-bond acceptors (Lipinski definition) is 3. The number of nitrogens with one attached hydrogen (secondary N) is 1. The first-order valence-electron chi connectivity index (χ1n) is 8.70. The molecule has 5 nitrogen and oxygen atoms in total. The molecule has 1 aliphatic carbocycles. The Morgan fingerprint density at radius 1 is 1.15 bits per heavy atom. The van der Waals surface area contributed by atoms with E-state index in [1.807, 2.05) is 24.3 Å². The van der Waals surface area contributed by atoms with Crippen LogP contribution in [0, 0.1) is 0 Å². The minimum absolute atomic E-state index is 0.416. The molecule has 4 rings (SSSR count). The number of fused-ring (bicyclic) bond motifs is 1. The summed E-state index contributed by atoms with van der Waals surface area (Å²) < 4.78 is 6.02. The molecule has 26 heavy (non-hydrogen) atoms. The molecule has 1 heterocycles. The predicted octanol–water partition coefficient (Wildman–Crippen LogP) is 2.19. The lowest BCUT2D eigenvalue weighted by molar-refractivity contribution is -0.923. The molecule has 1 saturated carbocycles. The van der Waals surface area contributed by atoms with E-state index >= 15 is 0 Å². The number of carbonyl (C=O) groups excluding carboxylic acids is 2. The van der Waals surface area contributed by atoms with Crippen LogP contribution >= 0.6 is 15.9 Å². The van der Waals surface area contributed by atoms with Crippen molar-refractivity contribution in [3.8, 4) is 5.75 Å². The highest BCUT2D eigenvalue weighted by Gasteiger charge is 2.41. The smallest absolute Gasteiger partial charge is 0.303 e. The summed E-state index contributed by atoms with van der Waals surface area (Å²) in [6, 6.07) is 14.0. The largest absolute Gasteiger partial charge is 0.497 e. The van der Waals surface area contributed by atoms with Crippen molar-refractivity contribution < 1.29 is 19.2 Å². The predicted molar refractivity (Wildman–Crippen MR) is 102 cm³/mol. The Morgan fingerprint density at radius 2 is 1.88 bits per heavy atom. The second-order valence-electron chi connectivity index (χ2n) is 6.84. The molecule has 2 aliphatic rings. The molecule has 1 atom stereocenters. The van der Waals surface area contributed by atoms with Crippen molar-refractivity contribution in [2.75, 3.05) is 18.7 Å². The van der Waals surface area contributed by atoms with Gasteiger partial charge in [-0.1, -0.05) is 15.9 Å². The fourth-order valence-corrected chi connectivity index (χ4v) is 3.82. The van der Waals surface area contributed by atoms with Crippen molar-refractivity contribution >= 4 is 33.3 Å². The van der Waals surface area contributed by atoms with Gasteiger partial charge in [-0.3, -0.25) is 14.5 Å². The molecule has 2 aromatic carbocycles. The van der Waals surface area contributed by atoms with Crippen molar-refractivity contribution in [3.63, 3.8) is 0 Å². The third kappa shape index (κ3) is 3.27. The number of ether oxygens (including phenoxy) is 1. The molecule has 6 heteroatoms. The topological polar surface area (TPSA) is 51.1 Å². The standard InChI is InChI=1S/C20H19BrN2O3/c1-26-16-7-2-13(3-8-16)11-22(15-5-6-15)12-23-18-9-4-14(21)10-17(18)19(24)20(23)25/h2-4,7-10,15H,5-6,11-12H2,1H3/p+1. The van der Waals surface area contributed by atoms with Gasteiger partial charge in [-0.2, -0.15) is 0 Å². The van der Waals surface area contributed by atoms with E-state index in [9.17, 15) is 9.59 Å². The molecule has 1 amide bonds. The molecule has 1 aliphatic heterocycles. The Labute approximate surface area is 160 Å². The number of Topliss-reactive ketones (excluding diaryl/α,β-unsaturated/α-hetero) is 1. The number of ketones is 1. The van der Waals surface area contributed by atoms with Crippen LogP contribution in [0.25, 0.3) is 0 Å². The fraction of sp³-hybridized carbons (Fsp3) is 0.300. The number of anilines is 1. The summed E-state index contributed by atoms with van der Waals surface area (Å²) in [7, 11) is 1.66. The second-order valence-corrected chi connectivity index (χ2v) is 7.75. The molecule has 0 saturated heterocycles. The van der Waals surface area contributed by atoms with Crippen molar-refractivity contribution in [2.45, 2.75) is 25.4 Å². The number of carbonyl (C=O) groups is 2. The highest BCUT2D eigenvalue weighted by Crippen LogP contribution is 2.31. The van der Waals surface area contributed by atoms with Gasteiger partial charge in [-0.25, -0.2) is 0 Å². The maximum atomic E-state index is 12.5. The van der Waals surface area contributed by atoms with Crippen LogP contribution < -0.4 is 14.5 Å². The Bertz CT molecular complexity index is 862. The third-order valence-corrected chi connectivity index (χ3v) is 5.53. The molecule has 1 unspecified atom stereocenters. The Morgan fingerprint density at radius 3 is 2.54 bits per heavy atom. The molecule has 0 aromatic heterocycles. The fourth-order valence-electron chi connectivity index (χ4n) is 3.46. The summed E-state index contributed by atoms with van der Waals surface area (Å²) in [5.74, 6) is -0.00609. The number of rotatable bonds is 6. The maximum Gasteiger partial charge on any atom is 0.303 e. The third-order valence-electron chi connectivity index (χ3n) is 5.04. The monoisotopic (exact) mass is 415 g/mol. The number of halogens is 1. The highest BCUT2D eigenvalue weighted by molar-refractivity contribution is 9.10. The summed E-state index contributed by atoms with van der Waals surface area (Å²) >= 11 is 3.37. The van der Waals surface area contributed by atoms with E-state index < -0.39 is 11.7 Å². The van der Waals surface area contributed by atoms with Crippen molar-refractivity contribution in [1.82, 2.24) is 0 Å². The maximum absolute atomic E-state index is 12.5. The summed E-state index contributed by atoms with van der Waals surface area (Å²) in [4.78, 5) is 27.8. The average Bonchev–Trinajstić information content (AvgIpc) is 3.47. The molecule has 0 bridgehead atoms. The van der Waals surface area contributed by atoms with Gasteiger partial charge in [0.05, 0.1) is 24.4 Å². The van der Waals surface area contributed by atoms with E-state index in [4.69, 9.17) is 4.74 Å². The average molecular weight is 416 g/mol. The van der Waals surface area contributed by atoms with Crippen LogP contribution in [-0.4, -0.2) is 31.5 Å². The number of nitrogens with zero attached hydrogens (tertiary/aromatic N) is 1. The zero-order chi connectivity index (χ0) is 18.3. The van der Waals surface area contributed by atoms with Crippen LogP contribution in [0.1, 0.15) is 28.8 Å². The van der Waals surface area contributed by atoms with Crippen LogP contribution in [0.5, 0.6) is 5.75 Å². The number of methoxy groups -OCH3 is 1. The quantitative estimate of drug-likeness (QED) is 0.735. The number of benzene rings is 2. The lowest BCUT2D eigenvalue weighted by atomic mass is 10.1. The minimum atomic E-state index is -0.425. The first-order chi connectivity index (χ1) is 12.6. The Hall–Kier alpha value is -2.18. The van der Waals surface area contributed by atoms with Crippen LogP contribution in [0.2, 0.25) is 0 Å². The molecule has 0 radical (unpaired) electrons. The van der Waals surface area contributed by atoms with Crippen molar-refractivity contribution in [1.29, 1.82) is 0 Å². The van der Waals surface area contributed by atoms with E-state index in [1.54, 1.807) is 18.1 Å². The van der Waals surface area contributed by atoms with Crippen LogP contribution in [-0.2, 0) is 11.3 Å². The van der Waals surface area contributed by atoms with Crippen molar-refractivity contribution in [2.24, 2.45) is 0 Å². The summed E-state index contributed by atoms with van der Waals surface area (Å²) in [5.41, 5.74) is 2.40. The van der Waals surface area contributed by atoms with Gasteiger partial charge >= 0.3 is 5.91 Å². The zero-order valence-electron chi connectivity index (χ0n) is 14.5. The Kier molecular flexibility index (Phi) is 4.54. The molecule has 0 spiro atoms. The summed E-state index contributed by atoms with van der Waals surface area (Å²) in [5, 5.41) is 0. The minimum Gasteiger partial charge on any atom is -0.497 e. The van der Waals surface area contributed by atoms with E-state index in [0.717, 1.165) is 35.3 Å². The Balaban J connectivity index is 1.55. The molecule has 1 fully saturated rings. The van der Waals surface area contributed by atoms with Crippen LogP contribution in [0.3, 0.4) is 0 Å². The van der Waals surface area contributed by atoms with Crippen LogP contribution in [0.15, 0.2) is 46.9 Å². The van der Waals surface area contributed by atoms with Gasteiger partial charge in [0.1, 0.15) is 12.3 Å². The van der Waals surface area contributed by atoms with E-state index in [1.165, 1.54) is 10.5 Å². The molecule has 134 valence electrons. The van der Waals surface area contributed by atoms with Gasteiger partial charge in [0, 0.05) is 22.9 Å². The normalized spacial score (nSPS) is 17.4. The van der Waals surface area contributed by atoms with Gasteiger partial charge in [0.2, 0.25) is 0 Å². The summed E-state index contributed by atoms with van der Waals surface area (Å²) in [6.45, 7) is 1.33. The molecular weight excluding hydrogens is 396 g/mol. The van der Waals surface area contributed by atoms with Crippen LogP contribution in [0.4, 0.5) is 5.69 Å². The van der Waals surface area contributed by atoms with E-state index in [2.05, 4.69) is 28.1 Å². The van der Waals surface area contributed by atoms with Gasteiger partial charge in [0.25, 0.3) is 5.78 Å². The van der Waals surface area contributed by atoms with Gasteiger partial charge in [-0.15, -0.1) is 0 Å². The first-order valence-corrected chi connectivity index (χ1v) is 9.49. The summed E-state index contributed by atoms with van der Waals surface area (Å²) in [6.07, 6.45) is 2.32. The van der Waals surface area contributed by atoms with Gasteiger partial charge in [-0.05, 0) is 42.5 Å².